The summed E-state index contributed by atoms with van der Waals surface area (Å²) in [4.78, 5) is 11.2. The molecule has 1 atom stereocenters. The number of alkyl halides is 1. The van der Waals surface area contributed by atoms with Crippen molar-refractivity contribution in [2.24, 2.45) is 0 Å². The molecule has 1 rings (SSSR count). The zero-order valence-corrected chi connectivity index (χ0v) is 8.91. The fourth-order valence-electron chi connectivity index (χ4n) is 1.02. The molecule has 0 radical (unpaired) electrons. The van der Waals surface area contributed by atoms with Gasteiger partial charge in [0.15, 0.2) is 5.78 Å². The number of aliphatic hydroxyl groups excluding tert-OH is 1. The van der Waals surface area contributed by atoms with Crippen LogP contribution in [0.2, 0.25) is 0 Å². The van der Waals surface area contributed by atoms with Gasteiger partial charge in [-0.05, 0) is 12.5 Å². The minimum absolute atomic E-state index is 0.0529. The van der Waals surface area contributed by atoms with E-state index in [4.69, 9.17) is 0 Å². The van der Waals surface area contributed by atoms with Crippen molar-refractivity contribution >= 4 is 21.7 Å². The first kappa shape index (κ1) is 10.4. The molecule has 0 bridgehead atoms. The molecule has 1 unspecified atom stereocenters. The highest BCUT2D eigenvalue weighted by atomic mass is 79.9. The number of ketones is 1. The number of rotatable bonds is 3. The molecule has 0 aromatic heterocycles. The number of aliphatic hydroxyl groups is 1. The SMILES string of the molecule is CC(O)c1ccc(C(=O)CBr)cc1. The molecule has 13 heavy (non-hydrogen) atoms. The molecule has 0 saturated carbocycles. The van der Waals surface area contributed by atoms with Gasteiger partial charge in [-0.25, -0.2) is 0 Å². The average molecular weight is 243 g/mol. The third kappa shape index (κ3) is 2.64. The normalized spacial score (nSPS) is 12.5. The van der Waals surface area contributed by atoms with Crippen LogP contribution in [0.15, 0.2) is 24.3 Å². The molecule has 0 saturated heterocycles. The van der Waals surface area contributed by atoms with E-state index in [1.54, 1.807) is 31.2 Å². The van der Waals surface area contributed by atoms with E-state index in [0.29, 0.717) is 10.9 Å². The highest BCUT2D eigenvalue weighted by Gasteiger charge is 2.04. The Balaban J connectivity index is 2.87. The standard InChI is InChI=1S/C10H11BrO2/c1-7(12)8-2-4-9(5-3-8)10(13)6-11/h2-5,7,12H,6H2,1H3. The maximum Gasteiger partial charge on any atom is 0.173 e. The summed E-state index contributed by atoms with van der Waals surface area (Å²) in [6.45, 7) is 1.70. The number of hydrogen-bond donors (Lipinski definition) is 1. The molecule has 1 N–H and O–H groups in total. The van der Waals surface area contributed by atoms with Crippen LogP contribution in [0.5, 0.6) is 0 Å². The third-order valence-electron chi connectivity index (χ3n) is 1.84. The van der Waals surface area contributed by atoms with Crippen LogP contribution in [0, 0.1) is 0 Å². The van der Waals surface area contributed by atoms with E-state index in [-0.39, 0.29) is 5.78 Å². The average Bonchev–Trinajstić information content (AvgIpc) is 2.17. The van der Waals surface area contributed by atoms with Gasteiger partial charge in [0.25, 0.3) is 0 Å². The minimum atomic E-state index is -0.479. The Bertz CT molecular complexity index is 290. The Hall–Kier alpha value is -0.670. The zero-order chi connectivity index (χ0) is 9.84. The maximum atomic E-state index is 11.2. The molecule has 70 valence electrons. The highest BCUT2D eigenvalue weighted by molar-refractivity contribution is 9.09. The molecule has 0 heterocycles. The van der Waals surface area contributed by atoms with E-state index in [9.17, 15) is 9.90 Å². The van der Waals surface area contributed by atoms with E-state index >= 15 is 0 Å². The number of carbonyl (C=O) groups excluding carboxylic acids is 1. The molecular weight excluding hydrogens is 232 g/mol. The highest BCUT2D eigenvalue weighted by Crippen LogP contribution is 2.13. The Morgan fingerprint density at radius 1 is 1.46 bits per heavy atom. The smallest absolute Gasteiger partial charge is 0.173 e. The molecule has 0 aliphatic heterocycles. The van der Waals surface area contributed by atoms with Crippen LogP contribution >= 0.6 is 15.9 Å². The van der Waals surface area contributed by atoms with Crippen LogP contribution in [0.1, 0.15) is 28.9 Å². The summed E-state index contributed by atoms with van der Waals surface area (Å²) in [6.07, 6.45) is -0.479. The molecule has 2 nitrogen and oxygen atoms in total. The molecule has 0 aliphatic rings. The van der Waals surface area contributed by atoms with Gasteiger partial charge in [-0.3, -0.25) is 4.79 Å². The predicted octanol–water partition coefficient (Wildman–Crippen LogP) is 2.32. The van der Waals surface area contributed by atoms with Gasteiger partial charge in [0, 0.05) is 5.56 Å². The van der Waals surface area contributed by atoms with Crippen LogP contribution < -0.4 is 0 Å². The summed E-state index contributed by atoms with van der Waals surface area (Å²) in [6, 6.07) is 6.98. The Morgan fingerprint density at radius 2 is 2.00 bits per heavy atom. The van der Waals surface area contributed by atoms with Gasteiger partial charge in [-0.1, -0.05) is 40.2 Å². The van der Waals surface area contributed by atoms with Gasteiger partial charge >= 0.3 is 0 Å². The van der Waals surface area contributed by atoms with Gasteiger partial charge in [0.1, 0.15) is 0 Å². The van der Waals surface area contributed by atoms with Crippen molar-refractivity contribution in [3.8, 4) is 0 Å². The molecule has 0 aliphatic carbocycles. The van der Waals surface area contributed by atoms with E-state index in [1.807, 2.05) is 0 Å². The zero-order valence-electron chi connectivity index (χ0n) is 7.33. The summed E-state index contributed by atoms with van der Waals surface area (Å²) < 4.78 is 0. The Labute approximate surface area is 85.7 Å². The van der Waals surface area contributed by atoms with Gasteiger partial charge < -0.3 is 5.11 Å². The Morgan fingerprint density at radius 3 is 2.38 bits per heavy atom. The number of hydrogen-bond acceptors (Lipinski definition) is 2. The van der Waals surface area contributed by atoms with E-state index < -0.39 is 6.10 Å². The molecule has 1 aromatic rings. The van der Waals surface area contributed by atoms with Crippen LogP contribution in [0.25, 0.3) is 0 Å². The number of halogens is 1. The monoisotopic (exact) mass is 242 g/mol. The quantitative estimate of drug-likeness (QED) is 0.653. The fraction of sp³-hybridized carbons (Fsp3) is 0.300. The van der Waals surface area contributed by atoms with Crippen molar-refractivity contribution in [1.29, 1.82) is 0 Å². The van der Waals surface area contributed by atoms with E-state index in [1.165, 1.54) is 0 Å². The number of benzene rings is 1. The van der Waals surface area contributed by atoms with Crippen molar-refractivity contribution in [1.82, 2.24) is 0 Å². The molecule has 1 aromatic carbocycles. The first-order valence-corrected chi connectivity index (χ1v) is 5.14. The molecule has 0 fully saturated rings. The maximum absolute atomic E-state index is 11.2. The van der Waals surface area contributed by atoms with Gasteiger partial charge in [0.2, 0.25) is 0 Å². The number of carbonyl (C=O) groups is 1. The molecular formula is C10H11BrO2. The summed E-state index contributed by atoms with van der Waals surface area (Å²) in [5, 5.41) is 9.55. The lowest BCUT2D eigenvalue weighted by Gasteiger charge is -2.04. The van der Waals surface area contributed by atoms with E-state index in [0.717, 1.165) is 5.56 Å². The van der Waals surface area contributed by atoms with Crippen LogP contribution in [-0.4, -0.2) is 16.2 Å². The van der Waals surface area contributed by atoms with Crippen LogP contribution in [0.4, 0.5) is 0 Å². The second kappa shape index (κ2) is 4.53. The topological polar surface area (TPSA) is 37.3 Å². The summed E-state index contributed by atoms with van der Waals surface area (Å²) in [5.74, 6) is 0.0529. The lowest BCUT2D eigenvalue weighted by Crippen LogP contribution is -2.00. The predicted molar refractivity (Wildman–Crippen MR) is 55.2 cm³/mol. The van der Waals surface area contributed by atoms with Crippen molar-refractivity contribution in [2.75, 3.05) is 5.33 Å². The van der Waals surface area contributed by atoms with Crippen molar-refractivity contribution < 1.29 is 9.90 Å². The minimum Gasteiger partial charge on any atom is -0.389 e. The molecule has 0 spiro atoms. The lowest BCUT2D eigenvalue weighted by atomic mass is 10.1. The summed E-state index contributed by atoms with van der Waals surface area (Å²) in [5.41, 5.74) is 1.49. The summed E-state index contributed by atoms with van der Waals surface area (Å²) in [7, 11) is 0. The van der Waals surface area contributed by atoms with Crippen LogP contribution in [0.3, 0.4) is 0 Å². The van der Waals surface area contributed by atoms with Gasteiger partial charge in [-0.15, -0.1) is 0 Å². The van der Waals surface area contributed by atoms with Gasteiger partial charge in [-0.2, -0.15) is 0 Å². The van der Waals surface area contributed by atoms with E-state index in [2.05, 4.69) is 15.9 Å². The van der Waals surface area contributed by atoms with Gasteiger partial charge in [0.05, 0.1) is 11.4 Å². The summed E-state index contributed by atoms with van der Waals surface area (Å²) >= 11 is 3.10. The second-order valence-corrected chi connectivity index (χ2v) is 3.42. The first-order valence-electron chi connectivity index (χ1n) is 4.02. The lowest BCUT2D eigenvalue weighted by molar-refractivity contribution is 0.102. The fourth-order valence-corrected chi connectivity index (χ4v) is 1.35. The van der Waals surface area contributed by atoms with Crippen molar-refractivity contribution in [3.05, 3.63) is 35.4 Å². The molecule has 3 heteroatoms. The largest absolute Gasteiger partial charge is 0.389 e. The van der Waals surface area contributed by atoms with Crippen LogP contribution in [-0.2, 0) is 0 Å². The Kier molecular flexibility index (Phi) is 3.63. The van der Waals surface area contributed by atoms with Crippen molar-refractivity contribution in [3.63, 3.8) is 0 Å². The number of Topliss-reactive ketones (excluding diaryl/α,β-unsaturated/α-hetero) is 1. The first-order chi connectivity index (χ1) is 6.15. The third-order valence-corrected chi connectivity index (χ3v) is 2.35. The molecule has 0 amide bonds. The van der Waals surface area contributed by atoms with Crippen molar-refractivity contribution in [2.45, 2.75) is 13.0 Å². The second-order valence-electron chi connectivity index (χ2n) is 2.85.